The summed E-state index contributed by atoms with van der Waals surface area (Å²) in [5.41, 5.74) is 1.73. The quantitative estimate of drug-likeness (QED) is 0.796. The van der Waals surface area contributed by atoms with Gasteiger partial charge < -0.3 is 0 Å². The predicted octanol–water partition coefficient (Wildman–Crippen LogP) is 0.594. The maximum absolute atomic E-state index is 11.8. The topological polar surface area (TPSA) is 70.5 Å². The number of tetrazole rings is 1. The van der Waals surface area contributed by atoms with Crippen molar-refractivity contribution in [2.75, 3.05) is 0 Å². The molecule has 7 nitrogen and oxygen atoms in total. The van der Waals surface area contributed by atoms with Gasteiger partial charge in [0.15, 0.2) is 0 Å². The third kappa shape index (κ3) is 2.20. The summed E-state index contributed by atoms with van der Waals surface area (Å²) in [4.78, 5) is 11.8. The molecule has 0 aliphatic heterocycles. The lowest BCUT2D eigenvalue weighted by Crippen LogP contribution is -2.25. The second-order valence-corrected chi connectivity index (χ2v) is 4.55. The molecule has 0 saturated heterocycles. The van der Waals surface area contributed by atoms with E-state index >= 15 is 0 Å². The molecule has 7 heteroatoms. The van der Waals surface area contributed by atoms with E-state index in [0.29, 0.717) is 19.1 Å². The number of rotatable bonds is 4. The Balaban J connectivity index is 2.28. The van der Waals surface area contributed by atoms with Crippen LogP contribution in [0.15, 0.2) is 11.0 Å². The Morgan fingerprint density at radius 1 is 1.28 bits per heavy atom. The molecule has 98 valence electrons. The van der Waals surface area contributed by atoms with E-state index < -0.39 is 0 Å². The van der Waals surface area contributed by atoms with Gasteiger partial charge in [-0.3, -0.25) is 4.68 Å². The molecule has 0 fully saturated rings. The number of aromatic nitrogens is 6. The first-order chi connectivity index (χ1) is 8.52. The summed E-state index contributed by atoms with van der Waals surface area (Å²) in [5.74, 6) is 0. The summed E-state index contributed by atoms with van der Waals surface area (Å²) in [6.45, 7) is 8.87. The van der Waals surface area contributed by atoms with Crippen molar-refractivity contribution in [3.63, 3.8) is 0 Å². The largest absolute Gasteiger partial charge is 0.363 e. The van der Waals surface area contributed by atoms with Crippen molar-refractivity contribution in [2.24, 2.45) is 0 Å². The lowest BCUT2D eigenvalue weighted by atomic mass is 10.2. The van der Waals surface area contributed by atoms with Gasteiger partial charge in [0, 0.05) is 24.3 Å². The van der Waals surface area contributed by atoms with Crippen molar-refractivity contribution in [1.82, 2.24) is 29.6 Å². The third-order valence-electron chi connectivity index (χ3n) is 2.86. The summed E-state index contributed by atoms with van der Waals surface area (Å²) in [6, 6.07) is 0.306. The van der Waals surface area contributed by atoms with Gasteiger partial charge in [0.2, 0.25) is 0 Å². The average Bonchev–Trinajstić information content (AvgIpc) is 2.85. The molecule has 18 heavy (non-hydrogen) atoms. The average molecular weight is 250 g/mol. The summed E-state index contributed by atoms with van der Waals surface area (Å²) in [6.07, 6.45) is 1.96. The Bertz CT molecular complexity index is 591. The van der Waals surface area contributed by atoms with Gasteiger partial charge in [0.1, 0.15) is 0 Å². The monoisotopic (exact) mass is 250 g/mol. The highest BCUT2D eigenvalue weighted by molar-refractivity contribution is 5.15. The molecular formula is C11H18N6O. The highest BCUT2D eigenvalue weighted by Gasteiger charge is 2.11. The van der Waals surface area contributed by atoms with Crippen molar-refractivity contribution < 1.29 is 0 Å². The Morgan fingerprint density at radius 2 is 1.94 bits per heavy atom. The minimum atomic E-state index is -0.186. The van der Waals surface area contributed by atoms with Crippen LogP contribution in [0.2, 0.25) is 0 Å². The fourth-order valence-corrected chi connectivity index (χ4v) is 1.70. The summed E-state index contributed by atoms with van der Waals surface area (Å²) < 4.78 is 4.58. The maximum Gasteiger partial charge on any atom is 0.363 e. The Kier molecular flexibility index (Phi) is 3.31. The molecule has 2 heterocycles. The number of hydrogen-bond acceptors (Lipinski definition) is 4. The number of aryl methyl sites for hydroxylation is 2. The lowest BCUT2D eigenvalue weighted by Gasteiger charge is -2.02. The molecule has 0 amide bonds. The van der Waals surface area contributed by atoms with E-state index in [2.05, 4.69) is 29.4 Å². The first kappa shape index (κ1) is 12.5. The van der Waals surface area contributed by atoms with Crippen LogP contribution in [0.5, 0.6) is 0 Å². The van der Waals surface area contributed by atoms with E-state index in [1.165, 1.54) is 9.36 Å². The van der Waals surface area contributed by atoms with E-state index in [9.17, 15) is 4.79 Å². The van der Waals surface area contributed by atoms with Gasteiger partial charge in [-0.15, -0.1) is 0 Å². The zero-order valence-corrected chi connectivity index (χ0v) is 11.2. The molecule has 0 spiro atoms. The molecule has 0 aliphatic rings. The van der Waals surface area contributed by atoms with E-state index in [4.69, 9.17) is 0 Å². The minimum absolute atomic E-state index is 0.186. The molecule has 0 aliphatic carbocycles. The molecule has 0 atom stereocenters. The normalized spacial score (nSPS) is 11.4. The molecule has 0 saturated carbocycles. The molecule has 0 aromatic carbocycles. The summed E-state index contributed by atoms with van der Waals surface area (Å²) in [5, 5.41) is 12.1. The van der Waals surface area contributed by atoms with Crippen molar-refractivity contribution >= 4 is 0 Å². The van der Waals surface area contributed by atoms with Crippen molar-refractivity contribution in [2.45, 2.75) is 46.8 Å². The van der Waals surface area contributed by atoms with Gasteiger partial charge in [-0.25, -0.2) is 4.79 Å². The molecule has 2 aromatic heterocycles. The van der Waals surface area contributed by atoms with E-state index in [1.54, 1.807) is 0 Å². The second kappa shape index (κ2) is 4.75. The van der Waals surface area contributed by atoms with Crippen LogP contribution in [0, 0.1) is 6.92 Å². The summed E-state index contributed by atoms with van der Waals surface area (Å²) in [7, 11) is 0. The predicted molar refractivity (Wildman–Crippen MR) is 66.4 cm³/mol. The molecular weight excluding hydrogens is 232 g/mol. The zero-order chi connectivity index (χ0) is 13.3. The maximum atomic E-state index is 11.8. The van der Waals surface area contributed by atoms with Gasteiger partial charge in [-0.2, -0.15) is 14.5 Å². The van der Waals surface area contributed by atoms with Gasteiger partial charge in [0.05, 0.1) is 12.2 Å². The molecule has 0 N–H and O–H groups in total. The van der Waals surface area contributed by atoms with E-state index in [-0.39, 0.29) is 5.69 Å². The SMILES string of the molecule is CCn1nnn(Cc2cn(C(C)C)nc2C)c1=O. The van der Waals surface area contributed by atoms with Crippen LogP contribution in [0.25, 0.3) is 0 Å². The van der Waals surface area contributed by atoms with E-state index in [0.717, 1.165) is 11.3 Å². The Labute approximate surface area is 105 Å². The second-order valence-electron chi connectivity index (χ2n) is 4.55. The van der Waals surface area contributed by atoms with Crippen LogP contribution in [-0.2, 0) is 13.1 Å². The van der Waals surface area contributed by atoms with Crippen LogP contribution in [0.3, 0.4) is 0 Å². The lowest BCUT2D eigenvalue weighted by molar-refractivity contribution is 0.528. The van der Waals surface area contributed by atoms with E-state index in [1.807, 2.05) is 24.7 Å². The van der Waals surface area contributed by atoms with Gasteiger partial charge >= 0.3 is 5.69 Å². The first-order valence-corrected chi connectivity index (χ1v) is 6.08. The highest BCUT2D eigenvalue weighted by Crippen LogP contribution is 2.10. The van der Waals surface area contributed by atoms with Gasteiger partial charge in [-0.05, 0) is 38.1 Å². The minimum Gasteiger partial charge on any atom is -0.270 e. The standard InChI is InChI=1S/C11H18N6O/c1-5-15-11(18)17(14-13-15)7-10-6-16(8(2)3)12-9(10)4/h6,8H,5,7H2,1-4H3. The van der Waals surface area contributed by atoms with Crippen molar-refractivity contribution in [3.05, 3.63) is 27.9 Å². The fraction of sp³-hybridized carbons (Fsp3) is 0.636. The first-order valence-electron chi connectivity index (χ1n) is 6.08. The van der Waals surface area contributed by atoms with Crippen molar-refractivity contribution in [3.8, 4) is 0 Å². The third-order valence-corrected chi connectivity index (χ3v) is 2.86. The molecule has 2 rings (SSSR count). The summed E-state index contributed by atoms with van der Waals surface area (Å²) >= 11 is 0. The van der Waals surface area contributed by atoms with Crippen LogP contribution >= 0.6 is 0 Å². The fourth-order valence-electron chi connectivity index (χ4n) is 1.70. The smallest absolute Gasteiger partial charge is 0.270 e. The van der Waals surface area contributed by atoms with Crippen LogP contribution < -0.4 is 5.69 Å². The Hall–Kier alpha value is -1.92. The zero-order valence-electron chi connectivity index (χ0n) is 11.2. The molecule has 0 unspecified atom stereocenters. The van der Waals surface area contributed by atoms with Gasteiger partial charge in [0.25, 0.3) is 0 Å². The molecule has 0 bridgehead atoms. The number of nitrogens with zero attached hydrogens (tertiary/aromatic N) is 6. The highest BCUT2D eigenvalue weighted by atomic mass is 16.2. The molecule has 2 aromatic rings. The molecule has 0 radical (unpaired) electrons. The van der Waals surface area contributed by atoms with Crippen LogP contribution in [0.4, 0.5) is 0 Å². The number of hydrogen-bond donors (Lipinski definition) is 0. The van der Waals surface area contributed by atoms with Crippen LogP contribution in [0.1, 0.15) is 38.1 Å². The van der Waals surface area contributed by atoms with Gasteiger partial charge in [-0.1, -0.05) is 0 Å². The van der Waals surface area contributed by atoms with Crippen molar-refractivity contribution in [1.29, 1.82) is 0 Å². The Morgan fingerprint density at radius 3 is 2.44 bits per heavy atom. The van der Waals surface area contributed by atoms with Crippen LogP contribution in [-0.4, -0.2) is 29.6 Å².